The Hall–Kier alpha value is -2.20. The Morgan fingerprint density at radius 3 is 2.95 bits per heavy atom. The predicted octanol–water partition coefficient (Wildman–Crippen LogP) is 3.57. The highest BCUT2D eigenvalue weighted by Gasteiger charge is 2.14. The summed E-state index contributed by atoms with van der Waals surface area (Å²) in [6.45, 7) is 0.919. The summed E-state index contributed by atoms with van der Waals surface area (Å²) in [7, 11) is 1.57. The highest BCUT2D eigenvalue weighted by Crippen LogP contribution is 2.28. The van der Waals surface area contributed by atoms with Crippen molar-refractivity contribution in [3.8, 4) is 5.75 Å². The predicted molar refractivity (Wildman–Crippen MR) is 84.6 cm³/mol. The molecule has 0 aliphatic carbocycles. The molecule has 0 saturated heterocycles. The molecule has 1 aliphatic rings. The molecular formula is C16H15ClN2O2. The maximum atomic E-state index is 12.3. The fourth-order valence-corrected chi connectivity index (χ4v) is 2.53. The molecule has 2 aromatic carbocycles. The van der Waals surface area contributed by atoms with Crippen LogP contribution in [0.4, 0.5) is 11.4 Å². The van der Waals surface area contributed by atoms with Crippen LogP contribution in [-0.4, -0.2) is 19.6 Å². The normalized spacial score (nSPS) is 12.5. The molecule has 2 aromatic rings. The Morgan fingerprint density at radius 2 is 2.14 bits per heavy atom. The SMILES string of the molecule is COc1ccc(Cl)c(NC(=O)c2ccc3c(c2)CCN3)c1. The number of amides is 1. The van der Waals surface area contributed by atoms with Gasteiger partial charge in [-0.25, -0.2) is 0 Å². The third-order valence-electron chi connectivity index (χ3n) is 3.50. The second-order valence-electron chi connectivity index (χ2n) is 4.85. The minimum atomic E-state index is -0.181. The van der Waals surface area contributed by atoms with Crippen LogP contribution in [0.5, 0.6) is 5.75 Å². The third kappa shape index (κ3) is 2.81. The summed E-state index contributed by atoms with van der Waals surface area (Å²) in [4.78, 5) is 12.3. The number of halogens is 1. The average Bonchev–Trinajstić information content (AvgIpc) is 2.96. The zero-order valence-electron chi connectivity index (χ0n) is 11.6. The molecule has 108 valence electrons. The van der Waals surface area contributed by atoms with Crippen LogP contribution < -0.4 is 15.4 Å². The van der Waals surface area contributed by atoms with Gasteiger partial charge in [0.05, 0.1) is 17.8 Å². The third-order valence-corrected chi connectivity index (χ3v) is 3.83. The first kappa shape index (κ1) is 13.8. The largest absolute Gasteiger partial charge is 0.497 e. The summed E-state index contributed by atoms with van der Waals surface area (Å²) in [5, 5.41) is 6.57. The number of carbonyl (C=O) groups excluding carboxylic acids is 1. The molecule has 0 aromatic heterocycles. The lowest BCUT2D eigenvalue weighted by Gasteiger charge is -2.10. The summed E-state index contributed by atoms with van der Waals surface area (Å²) >= 11 is 6.10. The molecule has 5 heteroatoms. The van der Waals surface area contributed by atoms with Gasteiger partial charge in [-0.2, -0.15) is 0 Å². The van der Waals surface area contributed by atoms with E-state index >= 15 is 0 Å². The summed E-state index contributed by atoms with van der Waals surface area (Å²) in [6, 6.07) is 10.8. The summed E-state index contributed by atoms with van der Waals surface area (Å²) in [5.41, 5.74) is 3.43. The second kappa shape index (κ2) is 5.66. The van der Waals surface area contributed by atoms with Gasteiger partial charge in [0, 0.05) is 23.9 Å². The lowest BCUT2D eigenvalue weighted by molar-refractivity contribution is 0.102. The molecule has 1 heterocycles. The van der Waals surface area contributed by atoms with E-state index in [9.17, 15) is 4.79 Å². The number of nitrogens with one attached hydrogen (secondary N) is 2. The van der Waals surface area contributed by atoms with E-state index in [2.05, 4.69) is 10.6 Å². The quantitative estimate of drug-likeness (QED) is 0.911. The molecule has 0 atom stereocenters. The number of ether oxygens (including phenoxy) is 1. The molecule has 4 nitrogen and oxygen atoms in total. The Labute approximate surface area is 128 Å². The minimum absolute atomic E-state index is 0.181. The van der Waals surface area contributed by atoms with Gasteiger partial charge in [-0.1, -0.05) is 11.6 Å². The number of carbonyl (C=O) groups is 1. The van der Waals surface area contributed by atoms with E-state index in [1.165, 1.54) is 5.56 Å². The van der Waals surface area contributed by atoms with Crippen molar-refractivity contribution in [3.05, 3.63) is 52.5 Å². The van der Waals surface area contributed by atoms with E-state index in [-0.39, 0.29) is 5.91 Å². The molecule has 1 amide bonds. The highest BCUT2D eigenvalue weighted by molar-refractivity contribution is 6.34. The standard InChI is InChI=1S/C16H15ClN2O2/c1-21-12-3-4-13(17)15(9-12)19-16(20)11-2-5-14-10(8-11)6-7-18-14/h2-5,8-9,18H,6-7H2,1H3,(H,19,20). The van der Waals surface area contributed by atoms with Crippen molar-refractivity contribution in [1.82, 2.24) is 0 Å². The Bertz CT molecular complexity index is 701. The van der Waals surface area contributed by atoms with Crippen molar-refractivity contribution in [3.63, 3.8) is 0 Å². The van der Waals surface area contributed by atoms with Crippen molar-refractivity contribution in [2.24, 2.45) is 0 Å². The number of hydrogen-bond acceptors (Lipinski definition) is 3. The number of benzene rings is 2. The van der Waals surface area contributed by atoms with Crippen LogP contribution in [-0.2, 0) is 6.42 Å². The van der Waals surface area contributed by atoms with Crippen molar-refractivity contribution < 1.29 is 9.53 Å². The van der Waals surface area contributed by atoms with Crippen molar-refractivity contribution in [2.45, 2.75) is 6.42 Å². The first-order valence-corrected chi connectivity index (χ1v) is 7.07. The van der Waals surface area contributed by atoms with Crippen LogP contribution in [0.2, 0.25) is 5.02 Å². The van der Waals surface area contributed by atoms with Gasteiger partial charge in [-0.3, -0.25) is 4.79 Å². The lowest BCUT2D eigenvalue weighted by atomic mass is 10.1. The number of rotatable bonds is 3. The van der Waals surface area contributed by atoms with Crippen LogP contribution >= 0.6 is 11.6 Å². The fourth-order valence-electron chi connectivity index (χ4n) is 2.37. The molecule has 0 bridgehead atoms. The molecule has 1 aliphatic heterocycles. The van der Waals surface area contributed by atoms with Gasteiger partial charge in [-0.15, -0.1) is 0 Å². The van der Waals surface area contributed by atoms with E-state index in [1.807, 2.05) is 12.1 Å². The van der Waals surface area contributed by atoms with Crippen LogP contribution in [0.25, 0.3) is 0 Å². The van der Waals surface area contributed by atoms with Gasteiger partial charge >= 0.3 is 0 Å². The van der Waals surface area contributed by atoms with Crippen LogP contribution in [0.1, 0.15) is 15.9 Å². The Kier molecular flexibility index (Phi) is 3.71. The van der Waals surface area contributed by atoms with Gasteiger partial charge < -0.3 is 15.4 Å². The van der Waals surface area contributed by atoms with Crippen LogP contribution in [0.3, 0.4) is 0 Å². The monoisotopic (exact) mass is 302 g/mol. The van der Waals surface area contributed by atoms with E-state index < -0.39 is 0 Å². The van der Waals surface area contributed by atoms with Crippen LogP contribution in [0.15, 0.2) is 36.4 Å². The Morgan fingerprint density at radius 1 is 1.29 bits per heavy atom. The van der Waals surface area contributed by atoms with Crippen molar-refractivity contribution in [1.29, 1.82) is 0 Å². The fraction of sp³-hybridized carbons (Fsp3) is 0.188. The molecule has 0 unspecified atom stereocenters. The van der Waals surface area contributed by atoms with E-state index in [0.717, 1.165) is 18.7 Å². The summed E-state index contributed by atoms with van der Waals surface area (Å²) in [5.74, 6) is 0.465. The molecular weight excluding hydrogens is 288 g/mol. The second-order valence-corrected chi connectivity index (χ2v) is 5.26. The minimum Gasteiger partial charge on any atom is -0.497 e. The maximum absolute atomic E-state index is 12.3. The topological polar surface area (TPSA) is 50.4 Å². The number of fused-ring (bicyclic) bond motifs is 1. The number of methoxy groups -OCH3 is 1. The first-order valence-electron chi connectivity index (χ1n) is 6.69. The molecule has 2 N–H and O–H groups in total. The zero-order valence-corrected chi connectivity index (χ0v) is 12.3. The maximum Gasteiger partial charge on any atom is 0.255 e. The number of hydrogen-bond donors (Lipinski definition) is 2. The smallest absolute Gasteiger partial charge is 0.255 e. The van der Waals surface area contributed by atoms with E-state index in [0.29, 0.717) is 22.0 Å². The van der Waals surface area contributed by atoms with Gasteiger partial charge in [-0.05, 0) is 42.3 Å². The number of anilines is 2. The van der Waals surface area contributed by atoms with E-state index in [4.69, 9.17) is 16.3 Å². The van der Waals surface area contributed by atoms with Gasteiger partial charge in [0.25, 0.3) is 5.91 Å². The average molecular weight is 303 g/mol. The molecule has 3 rings (SSSR count). The summed E-state index contributed by atoms with van der Waals surface area (Å²) in [6.07, 6.45) is 0.941. The van der Waals surface area contributed by atoms with Gasteiger partial charge in [0.2, 0.25) is 0 Å². The highest BCUT2D eigenvalue weighted by atomic mass is 35.5. The first-order chi connectivity index (χ1) is 10.2. The lowest BCUT2D eigenvalue weighted by Crippen LogP contribution is -2.12. The van der Waals surface area contributed by atoms with Crippen molar-refractivity contribution >= 4 is 28.9 Å². The molecule has 21 heavy (non-hydrogen) atoms. The summed E-state index contributed by atoms with van der Waals surface area (Å²) < 4.78 is 5.14. The van der Waals surface area contributed by atoms with Crippen molar-refractivity contribution in [2.75, 3.05) is 24.3 Å². The molecule has 0 saturated carbocycles. The molecule has 0 radical (unpaired) electrons. The Balaban J connectivity index is 1.83. The zero-order chi connectivity index (χ0) is 14.8. The van der Waals surface area contributed by atoms with Crippen LogP contribution in [0, 0.1) is 0 Å². The van der Waals surface area contributed by atoms with E-state index in [1.54, 1.807) is 31.4 Å². The van der Waals surface area contributed by atoms with Gasteiger partial charge in [0.15, 0.2) is 0 Å². The molecule has 0 fully saturated rings. The van der Waals surface area contributed by atoms with Gasteiger partial charge in [0.1, 0.15) is 5.75 Å². The molecule has 0 spiro atoms.